The van der Waals surface area contributed by atoms with Crippen LogP contribution in [-0.4, -0.2) is 18.0 Å². The largest absolute Gasteiger partial charge is 0.481 e. The summed E-state index contributed by atoms with van der Waals surface area (Å²) in [5.74, 6) is 0.278. The Morgan fingerprint density at radius 2 is 2.15 bits per heavy atom. The van der Waals surface area contributed by atoms with Gasteiger partial charge in [0.1, 0.15) is 6.42 Å². The Labute approximate surface area is 79.4 Å². The van der Waals surface area contributed by atoms with Gasteiger partial charge >= 0.3 is 0 Å². The zero-order valence-corrected chi connectivity index (χ0v) is 8.10. The molecular formula is C10H16N2O. The molecule has 3 heteroatoms. The number of rotatable bonds is 3. The van der Waals surface area contributed by atoms with Crippen LogP contribution in [0.1, 0.15) is 39.0 Å². The first-order valence-corrected chi connectivity index (χ1v) is 4.81. The molecule has 1 aliphatic rings. The van der Waals surface area contributed by atoms with Crippen molar-refractivity contribution in [2.75, 3.05) is 6.61 Å². The van der Waals surface area contributed by atoms with E-state index in [-0.39, 0.29) is 11.4 Å². The summed E-state index contributed by atoms with van der Waals surface area (Å²) in [5, 5.41) is 7.52. The molecule has 1 rings (SSSR count). The molecule has 0 aliphatic heterocycles. The fourth-order valence-electron chi connectivity index (χ4n) is 1.89. The second-order valence-electron chi connectivity index (χ2n) is 3.58. The second kappa shape index (κ2) is 4.27. The maximum atomic E-state index is 7.52. The van der Waals surface area contributed by atoms with Crippen LogP contribution in [0.3, 0.4) is 0 Å². The molecule has 0 saturated heterocycles. The molecule has 1 saturated carbocycles. The molecule has 0 unspecified atom stereocenters. The van der Waals surface area contributed by atoms with Gasteiger partial charge in [-0.2, -0.15) is 0 Å². The van der Waals surface area contributed by atoms with Gasteiger partial charge in [0.15, 0.2) is 5.90 Å². The first kappa shape index (κ1) is 10.0. The van der Waals surface area contributed by atoms with E-state index in [1.807, 2.05) is 6.92 Å². The van der Waals surface area contributed by atoms with E-state index in [1.54, 1.807) is 0 Å². The maximum absolute atomic E-state index is 7.52. The maximum Gasteiger partial charge on any atom is 0.241 e. The number of ether oxygens (including phenoxy) is 1. The highest BCUT2D eigenvalue weighted by Crippen LogP contribution is 2.36. The molecule has 0 aromatic carbocycles. The molecule has 0 radical (unpaired) electrons. The van der Waals surface area contributed by atoms with Gasteiger partial charge in [0, 0.05) is 12.8 Å². The Bertz CT molecular complexity index is 224. The lowest BCUT2D eigenvalue weighted by atomic mass is 9.94. The van der Waals surface area contributed by atoms with Crippen LogP contribution < -0.4 is 0 Å². The van der Waals surface area contributed by atoms with Gasteiger partial charge in [-0.15, -0.1) is 0 Å². The van der Waals surface area contributed by atoms with Crippen molar-refractivity contribution in [2.24, 2.45) is 0 Å². The van der Waals surface area contributed by atoms with Crippen LogP contribution >= 0.6 is 0 Å². The van der Waals surface area contributed by atoms with Gasteiger partial charge in [-0.1, -0.05) is 0 Å². The van der Waals surface area contributed by atoms with Gasteiger partial charge in [-0.05, 0) is 19.8 Å². The van der Waals surface area contributed by atoms with E-state index in [0.29, 0.717) is 13.0 Å². The molecule has 13 heavy (non-hydrogen) atoms. The summed E-state index contributed by atoms with van der Waals surface area (Å²) in [6, 6.07) is 0. The van der Waals surface area contributed by atoms with E-state index in [4.69, 9.17) is 16.7 Å². The Morgan fingerprint density at radius 1 is 1.54 bits per heavy atom. The molecule has 0 aromatic heterocycles. The average molecular weight is 180 g/mol. The third kappa shape index (κ3) is 2.45. The van der Waals surface area contributed by atoms with Crippen LogP contribution in [0.25, 0.3) is 4.85 Å². The molecule has 0 aromatic rings. The van der Waals surface area contributed by atoms with Crippen molar-refractivity contribution in [3.05, 3.63) is 11.4 Å². The SMILES string of the molecule is [C-]#[N+]C1(CC(=N)OCC)CCCC1. The third-order valence-corrected chi connectivity index (χ3v) is 2.58. The van der Waals surface area contributed by atoms with Crippen molar-refractivity contribution in [1.82, 2.24) is 0 Å². The summed E-state index contributed by atoms with van der Waals surface area (Å²) in [4.78, 5) is 3.67. The van der Waals surface area contributed by atoms with Crippen LogP contribution in [0.4, 0.5) is 0 Å². The summed E-state index contributed by atoms with van der Waals surface area (Å²) in [7, 11) is 0. The van der Waals surface area contributed by atoms with Crippen molar-refractivity contribution < 1.29 is 4.74 Å². The standard InChI is InChI=1S/C10H16N2O/c1-3-13-9(11)8-10(12-2)6-4-5-7-10/h11H,3-8H2,1H3. The van der Waals surface area contributed by atoms with Crippen LogP contribution in [0.15, 0.2) is 0 Å². The molecule has 1 aliphatic carbocycles. The van der Waals surface area contributed by atoms with E-state index in [1.165, 1.54) is 0 Å². The minimum absolute atomic E-state index is 0.278. The molecule has 0 atom stereocenters. The predicted octanol–water partition coefficient (Wildman–Crippen LogP) is 2.62. The van der Waals surface area contributed by atoms with Crippen molar-refractivity contribution in [3.63, 3.8) is 0 Å². The summed E-state index contributed by atoms with van der Waals surface area (Å²) < 4.78 is 5.07. The van der Waals surface area contributed by atoms with Gasteiger partial charge in [-0.3, -0.25) is 5.41 Å². The van der Waals surface area contributed by atoms with Crippen LogP contribution in [0.5, 0.6) is 0 Å². The Hall–Kier alpha value is -1.04. The Kier molecular flexibility index (Phi) is 3.30. The van der Waals surface area contributed by atoms with Crippen LogP contribution in [-0.2, 0) is 4.74 Å². The smallest absolute Gasteiger partial charge is 0.241 e. The van der Waals surface area contributed by atoms with Crippen LogP contribution in [0.2, 0.25) is 0 Å². The molecule has 0 spiro atoms. The van der Waals surface area contributed by atoms with Crippen molar-refractivity contribution >= 4 is 5.90 Å². The highest BCUT2D eigenvalue weighted by Gasteiger charge is 2.41. The monoisotopic (exact) mass is 180 g/mol. The molecule has 3 nitrogen and oxygen atoms in total. The minimum Gasteiger partial charge on any atom is -0.481 e. The van der Waals surface area contributed by atoms with Gasteiger partial charge < -0.3 is 9.58 Å². The summed E-state index contributed by atoms with van der Waals surface area (Å²) in [5.41, 5.74) is -0.299. The molecule has 0 heterocycles. The first-order valence-electron chi connectivity index (χ1n) is 4.81. The van der Waals surface area contributed by atoms with E-state index in [2.05, 4.69) is 4.85 Å². The highest BCUT2D eigenvalue weighted by atomic mass is 16.5. The fourth-order valence-corrected chi connectivity index (χ4v) is 1.89. The first-order chi connectivity index (χ1) is 6.22. The lowest BCUT2D eigenvalue weighted by molar-refractivity contribution is 0.303. The normalized spacial score (nSPS) is 19.4. The topological polar surface area (TPSA) is 37.4 Å². The molecule has 1 N–H and O–H groups in total. The number of hydrogen-bond donors (Lipinski definition) is 1. The quantitative estimate of drug-likeness (QED) is 0.404. The average Bonchev–Trinajstić information content (AvgIpc) is 2.54. The van der Waals surface area contributed by atoms with Gasteiger partial charge in [0.2, 0.25) is 5.54 Å². The van der Waals surface area contributed by atoms with E-state index in [0.717, 1.165) is 25.7 Å². The third-order valence-electron chi connectivity index (χ3n) is 2.58. The van der Waals surface area contributed by atoms with E-state index >= 15 is 0 Å². The summed E-state index contributed by atoms with van der Waals surface area (Å²) >= 11 is 0. The van der Waals surface area contributed by atoms with Gasteiger partial charge in [0.05, 0.1) is 6.61 Å². The minimum atomic E-state index is -0.299. The zero-order chi connectivity index (χ0) is 9.73. The second-order valence-corrected chi connectivity index (χ2v) is 3.58. The fraction of sp³-hybridized carbons (Fsp3) is 0.800. The van der Waals surface area contributed by atoms with Crippen molar-refractivity contribution in [2.45, 2.75) is 44.6 Å². The number of nitrogens with zero attached hydrogens (tertiary/aromatic N) is 1. The number of nitrogens with one attached hydrogen (secondary N) is 1. The molecule has 72 valence electrons. The zero-order valence-electron chi connectivity index (χ0n) is 8.10. The predicted molar refractivity (Wildman–Crippen MR) is 51.8 cm³/mol. The molecule has 0 bridgehead atoms. The summed E-state index contributed by atoms with van der Waals surface area (Å²) in [6.45, 7) is 9.55. The van der Waals surface area contributed by atoms with Gasteiger partial charge in [-0.25, -0.2) is 6.57 Å². The number of hydrogen-bond acceptors (Lipinski definition) is 2. The van der Waals surface area contributed by atoms with Crippen LogP contribution in [0, 0.1) is 12.0 Å². The molecule has 1 fully saturated rings. The van der Waals surface area contributed by atoms with Crippen molar-refractivity contribution in [3.8, 4) is 0 Å². The molecule has 0 amide bonds. The Balaban J connectivity index is 2.49. The van der Waals surface area contributed by atoms with Crippen molar-refractivity contribution in [1.29, 1.82) is 5.41 Å². The summed E-state index contributed by atoms with van der Waals surface area (Å²) in [6.07, 6.45) is 4.63. The lowest BCUT2D eigenvalue weighted by Crippen LogP contribution is -2.25. The Morgan fingerprint density at radius 3 is 2.62 bits per heavy atom. The van der Waals surface area contributed by atoms with Gasteiger partial charge in [0.25, 0.3) is 0 Å². The molecular weight excluding hydrogens is 164 g/mol. The van der Waals surface area contributed by atoms with E-state index in [9.17, 15) is 0 Å². The lowest BCUT2D eigenvalue weighted by Gasteiger charge is -2.15. The van der Waals surface area contributed by atoms with E-state index < -0.39 is 0 Å². The highest BCUT2D eigenvalue weighted by molar-refractivity contribution is 5.74.